The number of halogens is 2. The first-order valence-electron chi connectivity index (χ1n) is 28.7. The van der Waals surface area contributed by atoms with Gasteiger partial charge in [-0.2, -0.15) is 0 Å². The van der Waals surface area contributed by atoms with E-state index in [9.17, 15) is 28.0 Å². The summed E-state index contributed by atoms with van der Waals surface area (Å²) in [4.78, 5) is 83.7. The van der Waals surface area contributed by atoms with E-state index in [0.29, 0.717) is 78.5 Å². The lowest BCUT2D eigenvalue weighted by molar-refractivity contribution is -0.145. The van der Waals surface area contributed by atoms with Gasteiger partial charge in [0, 0.05) is 84.7 Å². The summed E-state index contributed by atoms with van der Waals surface area (Å²) in [5, 5.41) is 2.89. The number of amides is 2. The third-order valence-corrected chi connectivity index (χ3v) is 15.5. The summed E-state index contributed by atoms with van der Waals surface area (Å²) in [5.41, 5.74) is 8.32. The number of ether oxygens (including phenoxy) is 4. The molecule has 0 spiro atoms. The molecule has 2 aliphatic heterocycles. The first-order chi connectivity index (χ1) is 42.4. The third kappa shape index (κ3) is 13.2. The lowest BCUT2D eigenvalue weighted by atomic mass is 9.90. The summed E-state index contributed by atoms with van der Waals surface area (Å²) in [7, 11) is 2.77. The Morgan fingerprint density at radius 3 is 1.49 bits per heavy atom. The van der Waals surface area contributed by atoms with Gasteiger partial charge in [-0.25, -0.2) is 38.7 Å². The van der Waals surface area contributed by atoms with Crippen molar-refractivity contribution in [3.63, 3.8) is 0 Å². The van der Waals surface area contributed by atoms with Crippen LogP contribution in [0.4, 0.5) is 8.78 Å². The molecule has 12 rings (SSSR count). The number of nitrogens with zero attached hydrogens (tertiary/aromatic N) is 10. The van der Waals surface area contributed by atoms with Crippen LogP contribution in [-0.2, 0) is 45.0 Å². The van der Waals surface area contributed by atoms with Crippen molar-refractivity contribution in [3.8, 4) is 11.5 Å². The number of esters is 2. The van der Waals surface area contributed by atoms with E-state index in [-0.39, 0.29) is 55.3 Å². The summed E-state index contributed by atoms with van der Waals surface area (Å²) in [6, 6.07) is 34.9. The fourth-order valence-electron chi connectivity index (χ4n) is 11.2. The van der Waals surface area contributed by atoms with Gasteiger partial charge >= 0.3 is 11.9 Å². The maximum atomic E-state index is 14.9. The molecule has 0 saturated carbocycles. The average Bonchev–Trinajstić information content (AvgIpc) is 4.40. The molecular weight excluding hydrogens is 1110 g/mol. The van der Waals surface area contributed by atoms with Gasteiger partial charge in [-0.1, -0.05) is 18.2 Å². The number of methoxy groups -OCH3 is 2. The van der Waals surface area contributed by atoms with Gasteiger partial charge in [-0.05, 0) is 170 Å². The highest BCUT2D eigenvalue weighted by Gasteiger charge is 2.36. The summed E-state index contributed by atoms with van der Waals surface area (Å²) in [6.07, 6.45) is 13.9. The third-order valence-electron chi connectivity index (χ3n) is 15.5. The van der Waals surface area contributed by atoms with Crippen molar-refractivity contribution >= 4 is 69.0 Å². The zero-order valence-electron chi connectivity index (χ0n) is 48.4. The zero-order valence-corrected chi connectivity index (χ0v) is 48.4. The van der Waals surface area contributed by atoms with E-state index in [1.54, 1.807) is 60.4 Å². The monoisotopic (exact) mass is 1170 g/mol. The topological polar surface area (TPSA) is 199 Å². The number of fused-ring (bicyclic) bond motifs is 5. The van der Waals surface area contributed by atoms with Crippen LogP contribution < -0.4 is 9.47 Å². The number of carbonyl (C=O) groups excluding carboxylic acids is 4. The lowest BCUT2D eigenvalue weighted by Crippen LogP contribution is -2.43. The van der Waals surface area contributed by atoms with Gasteiger partial charge in [0.25, 0.3) is 11.8 Å². The van der Waals surface area contributed by atoms with Crippen molar-refractivity contribution in [1.82, 2.24) is 48.8 Å². The van der Waals surface area contributed by atoms with Crippen LogP contribution >= 0.6 is 0 Å². The van der Waals surface area contributed by atoms with Crippen LogP contribution in [0.2, 0.25) is 0 Å². The van der Waals surface area contributed by atoms with Crippen molar-refractivity contribution in [3.05, 3.63) is 215 Å². The Kier molecular flexibility index (Phi) is 17.7. The van der Waals surface area contributed by atoms with Crippen molar-refractivity contribution in [2.45, 2.75) is 70.6 Å². The molecule has 0 fully saturated rings. The van der Waals surface area contributed by atoms with E-state index in [4.69, 9.17) is 28.9 Å². The number of benzene rings is 2. The van der Waals surface area contributed by atoms with E-state index in [2.05, 4.69) is 19.9 Å². The van der Waals surface area contributed by atoms with Crippen LogP contribution in [0.15, 0.2) is 152 Å². The predicted molar refractivity (Wildman–Crippen MR) is 323 cm³/mol. The first-order valence-corrected chi connectivity index (χ1v) is 28.7. The molecule has 0 bridgehead atoms. The van der Waals surface area contributed by atoms with Crippen LogP contribution in [0.25, 0.3) is 45.3 Å². The second-order valence-corrected chi connectivity index (χ2v) is 21.0. The maximum Gasteiger partial charge on any atom is 0.308 e. The second kappa shape index (κ2) is 26.4. The molecule has 0 saturated heterocycles. The Morgan fingerprint density at radius 1 is 0.540 bits per heavy atom. The number of hydrogen-bond donors (Lipinski definition) is 0. The summed E-state index contributed by atoms with van der Waals surface area (Å²) in [5.74, 6) is -2.43. The molecule has 2 aromatic carbocycles. The van der Waals surface area contributed by atoms with Gasteiger partial charge in [-0.3, -0.25) is 19.2 Å². The Balaban J connectivity index is 0.000000186. The first kappa shape index (κ1) is 58.5. The molecule has 10 aromatic rings. The van der Waals surface area contributed by atoms with E-state index in [0.717, 1.165) is 44.4 Å². The normalized spacial score (nSPS) is 13.8. The van der Waals surface area contributed by atoms with Crippen LogP contribution in [-0.4, -0.2) is 113 Å². The van der Waals surface area contributed by atoms with Crippen LogP contribution in [0.1, 0.15) is 105 Å². The zero-order chi connectivity index (χ0) is 60.6. The minimum atomic E-state index is -0.724. The van der Waals surface area contributed by atoms with Crippen LogP contribution in [0, 0.1) is 11.6 Å². The van der Waals surface area contributed by atoms with E-state index in [1.165, 1.54) is 38.5 Å². The SMILES string of the molecule is CCOC(=O)C[C@@H](c1ccc(OC)c(F)c1)N1CCn2cc(/C=C/c3ccc4cccnc4n3)cc2C1=O.CCOC(=O)C[C@@H](c1ccc(OC)c(F)c1)N1CCn2cc(C(Cc3ccc4cccnc4n3)Cc3ccc4cccnc4n3)cc2C1=O. The molecule has 2 amide bonds. The molecular formula is C67H62F2N10O8. The van der Waals surface area contributed by atoms with Crippen LogP contribution in [0.5, 0.6) is 11.5 Å². The molecule has 2 aliphatic rings. The molecule has 10 heterocycles. The van der Waals surface area contributed by atoms with Gasteiger partial charge in [0.2, 0.25) is 0 Å². The molecule has 0 unspecified atom stereocenters. The fourth-order valence-corrected chi connectivity index (χ4v) is 11.2. The molecule has 18 nitrogen and oxygen atoms in total. The fraction of sp³-hybridized carbons (Fsp3) is 0.254. The smallest absolute Gasteiger partial charge is 0.308 e. The quantitative estimate of drug-likeness (QED) is 0.0693. The summed E-state index contributed by atoms with van der Waals surface area (Å²) >= 11 is 0. The summed E-state index contributed by atoms with van der Waals surface area (Å²) in [6.45, 7) is 5.60. The van der Waals surface area contributed by atoms with E-state index >= 15 is 0 Å². The number of hydrogen-bond acceptors (Lipinski definition) is 14. The van der Waals surface area contributed by atoms with E-state index in [1.807, 2.05) is 113 Å². The molecule has 0 radical (unpaired) electrons. The molecule has 2 atom stereocenters. The highest BCUT2D eigenvalue weighted by molar-refractivity contribution is 5.96. The molecule has 0 aliphatic carbocycles. The Hall–Kier alpha value is -10.2. The van der Waals surface area contributed by atoms with Crippen molar-refractivity contribution < 1.29 is 46.9 Å². The Labute approximate surface area is 500 Å². The van der Waals surface area contributed by atoms with E-state index < -0.39 is 35.7 Å². The number of aromatic nitrogens is 8. The standard InChI is InChI=1S/C38H35FN6O4.C29H27FN4O4/c1-3-49-35(46)22-32(26-10-13-34(48-2)31(39)20-26)45-17-16-44-23-28(21-33(44)38(45)47)27(18-29-11-8-24-6-4-14-40-36(24)42-29)19-30-12-9-25-7-5-15-41-37(25)43-30;1-3-38-27(35)17-24(21-8-11-26(37-2)23(30)16-21)34-14-13-33-18-19(15-25(33)29(34)36)6-9-22-10-7-20-5-4-12-31-28(20)32-22/h4-15,20-21,23,27,32H,3,16-19,22H2,1-2H3;4-12,15-16,18,24H,3,13-14,17H2,1-2H3/b;9-6+/t32-;24-/m00/s1. The van der Waals surface area contributed by atoms with Crippen molar-refractivity contribution in [1.29, 1.82) is 0 Å². The van der Waals surface area contributed by atoms with Gasteiger partial charge in [0.1, 0.15) is 11.4 Å². The minimum absolute atomic E-state index is 0.0762. The molecule has 20 heteroatoms. The molecule has 442 valence electrons. The maximum absolute atomic E-state index is 14.9. The molecule has 8 aromatic heterocycles. The number of carbonyl (C=O) groups is 4. The Morgan fingerprint density at radius 2 is 1.01 bits per heavy atom. The van der Waals surface area contributed by atoms with Gasteiger partial charge < -0.3 is 37.9 Å². The van der Waals surface area contributed by atoms with Crippen LogP contribution in [0.3, 0.4) is 0 Å². The van der Waals surface area contributed by atoms with Gasteiger partial charge in [0.15, 0.2) is 40.1 Å². The average molecular weight is 1170 g/mol. The minimum Gasteiger partial charge on any atom is -0.494 e. The highest BCUT2D eigenvalue weighted by Crippen LogP contribution is 2.36. The van der Waals surface area contributed by atoms with Crippen molar-refractivity contribution in [2.24, 2.45) is 0 Å². The molecule has 0 N–H and O–H groups in total. The van der Waals surface area contributed by atoms with Gasteiger partial charge in [-0.15, -0.1) is 0 Å². The number of rotatable bonds is 19. The highest BCUT2D eigenvalue weighted by atomic mass is 19.1. The second-order valence-electron chi connectivity index (χ2n) is 21.0. The molecule has 87 heavy (non-hydrogen) atoms. The predicted octanol–water partition coefficient (Wildman–Crippen LogP) is 11.1. The summed E-state index contributed by atoms with van der Waals surface area (Å²) < 4.78 is 53.8. The number of pyridine rings is 6. The lowest BCUT2D eigenvalue weighted by Gasteiger charge is -2.35. The Bertz CT molecular complexity index is 4140. The van der Waals surface area contributed by atoms with Crippen molar-refractivity contribution in [2.75, 3.05) is 40.5 Å². The van der Waals surface area contributed by atoms with Gasteiger partial charge in [0.05, 0.1) is 58.1 Å². The largest absolute Gasteiger partial charge is 0.494 e.